The molecule has 2 rings (SSSR count). The maximum absolute atomic E-state index is 11.4. The summed E-state index contributed by atoms with van der Waals surface area (Å²) >= 11 is 0. The average molecular weight is 208 g/mol. The molecule has 0 saturated heterocycles. The summed E-state index contributed by atoms with van der Waals surface area (Å²) in [7, 11) is 1.39. The van der Waals surface area contributed by atoms with Crippen LogP contribution >= 0.6 is 0 Å². The number of esters is 1. The van der Waals surface area contributed by atoms with E-state index in [1.54, 1.807) is 6.20 Å². The highest BCUT2D eigenvalue weighted by Gasteiger charge is 2.24. The highest BCUT2D eigenvalue weighted by Crippen LogP contribution is 2.33. The Kier molecular flexibility index (Phi) is 3.80. The molecule has 0 amide bonds. The molecule has 1 heterocycles. The number of ether oxygens (including phenoxy) is 1. The average Bonchev–Trinajstić information content (AvgIpc) is 3.01. The molecule has 0 radical (unpaired) electrons. The lowest BCUT2D eigenvalue weighted by Crippen LogP contribution is -2.08. The predicted octanol–water partition coefficient (Wildman–Crippen LogP) is 1.98. The first-order valence-electron chi connectivity index (χ1n) is 4.83. The van der Waals surface area contributed by atoms with Crippen LogP contribution < -0.4 is 6.15 Å². The maximum atomic E-state index is 11.4. The van der Waals surface area contributed by atoms with Gasteiger partial charge in [0.05, 0.1) is 7.11 Å². The molecule has 0 atom stereocenters. The number of aromatic nitrogens is 1. The summed E-state index contributed by atoms with van der Waals surface area (Å²) in [6.45, 7) is 0. The Hall–Kier alpha value is -1.42. The van der Waals surface area contributed by atoms with Gasteiger partial charge in [-0.15, -0.1) is 0 Å². The van der Waals surface area contributed by atoms with Crippen LogP contribution in [0.25, 0.3) is 0 Å². The molecule has 1 saturated carbocycles. The van der Waals surface area contributed by atoms with Crippen LogP contribution in [-0.2, 0) is 11.2 Å². The molecule has 1 aromatic heterocycles. The molecule has 82 valence electrons. The normalized spacial score (nSPS) is 14.2. The van der Waals surface area contributed by atoms with Crippen LogP contribution in [0.2, 0.25) is 0 Å². The zero-order valence-corrected chi connectivity index (χ0v) is 8.90. The van der Waals surface area contributed by atoms with E-state index in [0.717, 1.165) is 17.9 Å². The molecule has 4 nitrogen and oxygen atoms in total. The van der Waals surface area contributed by atoms with E-state index >= 15 is 0 Å². The van der Waals surface area contributed by atoms with Gasteiger partial charge in [-0.25, -0.2) is 9.78 Å². The van der Waals surface area contributed by atoms with Crippen LogP contribution in [0, 0.1) is 5.92 Å². The van der Waals surface area contributed by atoms with E-state index in [1.165, 1.54) is 20.0 Å². The first-order chi connectivity index (χ1) is 6.81. The summed E-state index contributed by atoms with van der Waals surface area (Å²) in [6.07, 6.45) is 5.13. The van der Waals surface area contributed by atoms with E-state index in [9.17, 15) is 4.79 Å². The van der Waals surface area contributed by atoms with Crippen molar-refractivity contribution in [1.29, 1.82) is 0 Å². The van der Waals surface area contributed by atoms with Crippen molar-refractivity contribution in [2.45, 2.75) is 19.3 Å². The third-order valence-corrected chi connectivity index (χ3v) is 2.48. The van der Waals surface area contributed by atoms with Crippen molar-refractivity contribution < 1.29 is 9.53 Å². The topological polar surface area (TPSA) is 74.2 Å². The van der Waals surface area contributed by atoms with Gasteiger partial charge in [0.1, 0.15) is 0 Å². The fourth-order valence-corrected chi connectivity index (χ4v) is 1.52. The van der Waals surface area contributed by atoms with E-state index in [2.05, 4.69) is 9.72 Å². The largest absolute Gasteiger partial charge is 0.464 e. The van der Waals surface area contributed by atoms with Gasteiger partial charge in [-0.3, -0.25) is 0 Å². The van der Waals surface area contributed by atoms with Crippen molar-refractivity contribution >= 4 is 5.97 Å². The number of carbonyl (C=O) groups excluding carboxylic acids is 1. The van der Waals surface area contributed by atoms with Crippen LogP contribution in [0.5, 0.6) is 0 Å². The number of methoxy groups -OCH3 is 1. The number of rotatable bonds is 3. The molecule has 1 aliphatic carbocycles. The molecule has 1 aromatic rings. The Morgan fingerprint density at radius 2 is 2.33 bits per heavy atom. The number of carbonyl (C=O) groups is 1. The van der Waals surface area contributed by atoms with Gasteiger partial charge in [0.15, 0.2) is 5.69 Å². The lowest BCUT2D eigenvalue weighted by molar-refractivity contribution is 0.0592. The SMILES string of the molecule is COC(=O)c1ncccc1CC1CC1.N. The maximum Gasteiger partial charge on any atom is 0.356 e. The molecule has 3 N–H and O–H groups in total. The van der Waals surface area contributed by atoms with Gasteiger partial charge >= 0.3 is 5.97 Å². The third kappa shape index (κ3) is 2.76. The number of nitrogens with zero attached hydrogens (tertiary/aromatic N) is 1. The molecular weight excluding hydrogens is 192 g/mol. The Morgan fingerprint density at radius 3 is 2.93 bits per heavy atom. The van der Waals surface area contributed by atoms with Crippen LogP contribution in [-0.4, -0.2) is 18.1 Å². The fourth-order valence-electron chi connectivity index (χ4n) is 1.52. The lowest BCUT2D eigenvalue weighted by Gasteiger charge is -2.04. The molecule has 0 unspecified atom stereocenters. The first kappa shape index (κ1) is 11.7. The van der Waals surface area contributed by atoms with E-state index in [4.69, 9.17) is 0 Å². The second-order valence-corrected chi connectivity index (χ2v) is 3.65. The van der Waals surface area contributed by atoms with Gasteiger partial charge < -0.3 is 10.9 Å². The Balaban J connectivity index is 0.00000112. The van der Waals surface area contributed by atoms with Gasteiger partial charge in [-0.05, 0) is 36.8 Å². The Bertz CT molecular complexity index is 348. The summed E-state index contributed by atoms with van der Waals surface area (Å²) in [5.74, 6) is 0.420. The monoisotopic (exact) mass is 208 g/mol. The van der Waals surface area contributed by atoms with E-state index in [1.807, 2.05) is 12.1 Å². The lowest BCUT2D eigenvalue weighted by atomic mass is 10.1. The van der Waals surface area contributed by atoms with Crippen molar-refractivity contribution in [3.05, 3.63) is 29.6 Å². The molecule has 1 aliphatic rings. The minimum absolute atomic E-state index is 0. The zero-order chi connectivity index (χ0) is 9.97. The van der Waals surface area contributed by atoms with Crippen molar-refractivity contribution in [2.75, 3.05) is 7.11 Å². The summed E-state index contributed by atoms with van der Waals surface area (Å²) in [5, 5.41) is 0. The van der Waals surface area contributed by atoms with Gasteiger partial charge in [-0.2, -0.15) is 0 Å². The number of hydrogen-bond acceptors (Lipinski definition) is 4. The third-order valence-electron chi connectivity index (χ3n) is 2.48. The minimum Gasteiger partial charge on any atom is -0.464 e. The second-order valence-electron chi connectivity index (χ2n) is 3.65. The van der Waals surface area contributed by atoms with Crippen LogP contribution in [0.4, 0.5) is 0 Å². The fraction of sp³-hybridized carbons (Fsp3) is 0.455. The quantitative estimate of drug-likeness (QED) is 0.771. The minimum atomic E-state index is -0.332. The van der Waals surface area contributed by atoms with Crippen molar-refractivity contribution in [3.63, 3.8) is 0 Å². The smallest absolute Gasteiger partial charge is 0.356 e. The number of hydrogen-bond donors (Lipinski definition) is 1. The van der Waals surface area contributed by atoms with Crippen LogP contribution in [0.3, 0.4) is 0 Å². The van der Waals surface area contributed by atoms with Gasteiger partial charge in [0, 0.05) is 6.20 Å². The van der Waals surface area contributed by atoms with Crippen molar-refractivity contribution in [2.24, 2.45) is 5.92 Å². The van der Waals surface area contributed by atoms with E-state index < -0.39 is 0 Å². The van der Waals surface area contributed by atoms with E-state index in [-0.39, 0.29) is 12.1 Å². The molecule has 0 spiro atoms. The predicted molar refractivity (Wildman–Crippen MR) is 57.0 cm³/mol. The Morgan fingerprint density at radius 1 is 1.60 bits per heavy atom. The standard InChI is InChI=1S/C11H13NO2.H3N/c1-14-11(13)10-9(3-2-6-12-10)7-8-4-5-8;/h2-3,6,8H,4-5,7H2,1H3;1H3. The van der Waals surface area contributed by atoms with Crippen LogP contribution in [0.15, 0.2) is 18.3 Å². The summed E-state index contributed by atoms with van der Waals surface area (Å²) in [5.41, 5.74) is 1.49. The molecule has 0 aliphatic heterocycles. The molecule has 1 fully saturated rings. The molecule has 0 aromatic carbocycles. The zero-order valence-electron chi connectivity index (χ0n) is 8.90. The summed E-state index contributed by atoms with van der Waals surface area (Å²) in [6, 6.07) is 3.82. The van der Waals surface area contributed by atoms with Crippen LogP contribution in [0.1, 0.15) is 28.9 Å². The summed E-state index contributed by atoms with van der Waals surface area (Å²) in [4.78, 5) is 15.4. The Labute approximate surface area is 89.2 Å². The summed E-state index contributed by atoms with van der Waals surface area (Å²) < 4.78 is 4.68. The van der Waals surface area contributed by atoms with Gasteiger partial charge in [-0.1, -0.05) is 6.07 Å². The first-order valence-corrected chi connectivity index (χ1v) is 4.83. The van der Waals surface area contributed by atoms with Crippen molar-refractivity contribution in [3.8, 4) is 0 Å². The molecule has 0 bridgehead atoms. The molecule has 15 heavy (non-hydrogen) atoms. The second kappa shape index (κ2) is 4.89. The highest BCUT2D eigenvalue weighted by molar-refractivity contribution is 5.88. The van der Waals surface area contributed by atoms with Crippen molar-refractivity contribution in [1.82, 2.24) is 11.1 Å². The van der Waals surface area contributed by atoms with Gasteiger partial charge in [0.2, 0.25) is 0 Å². The van der Waals surface area contributed by atoms with E-state index in [0.29, 0.717) is 5.69 Å². The highest BCUT2D eigenvalue weighted by atomic mass is 16.5. The molecule has 4 heteroatoms. The molecular formula is C11H16N2O2. The van der Waals surface area contributed by atoms with Gasteiger partial charge in [0.25, 0.3) is 0 Å². The number of pyridine rings is 1.